The third-order valence-corrected chi connectivity index (χ3v) is 4.38. The lowest BCUT2D eigenvalue weighted by molar-refractivity contribution is 0.677. The van der Waals surface area contributed by atoms with Crippen LogP contribution in [0.4, 0.5) is 0 Å². The zero-order valence-electron chi connectivity index (χ0n) is 12.8. The van der Waals surface area contributed by atoms with Gasteiger partial charge in [-0.1, -0.05) is 0 Å². The van der Waals surface area contributed by atoms with Gasteiger partial charge in [-0.15, -0.1) is 0 Å². The topological polar surface area (TPSA) is 69.8 Å². The van der Waals surface area contributed by atoms with Crippen LogP contribution in [0.3, 0.4) is 0 Å². The van der Waals surface area contributed by atoms with Crippen molar-refractivity contribution in [1.29, 1.82) is 5.26 Å². The van der Waals surface area contributed by atoms with Crippen molar-refractivity contribution in [1.82, 2.24) is 19.6 Å². The van der Waals surface area contributed by atoms with Crippen LogP contribution in [0.1, 0.15) is 41.1 Å². The van der Waals surface area contributed by atoms with Gasteiger partial charge in [0.25, 0.3) is 0 Å². The molecule has 0 aliphatic heterocycles. The fourth-order valence-corrected chi connectivity index (χ4v) is 3.34. The lowest BCUT2D eigenvalue weighted by Gasteiger charge is -2.08. The molecule has 1 aliphatic carbocycles. The molecule has 0 radical (unpaired) electrons. The number of aromatic nitrogens is 4. The first-order valence-corrected chi connectivity index (χ1v) is 7.65. The zero-order valence-corrected chi connectivity index (χ0v) is 12.8. The van der Waals surface area contributed by atoms with E-state index in [0.717, 1.165) is 29.9 Å². The molecular weight excluding hydrogens is 274 g/mol. The Morgan fingerprint density at radius 1 is 1.23 bits per heavy atom. The van der Waals surface area contributed by atoms with Crippen LogP contribution in [0, 0.1) is 25.2 Å². The molecule has 4 rings (SSSR count). The molecule has 0 aromatic carbocycles. The van der Waals surface area contributed by atoms with E-state index in [4.69, 9.17) is 0 Å². The first-order chi connectivity index (χ1) is 10.7. The van der Waals surface area contributed by atoms with Gasteiger partial charge in [-0.3, -0.25) is 0 Å². The maximum atomic E-state index is 9.59. The lowest BCUT2D eigenvalue weighted by atomic mass is 9.98. The molecule has 0 fully saturated rings. The summed E-state index contributed by atoms with van der Waals surface area (Å²) >= 11 is 0. The van der Waals surface area contributed by atoms with Gasteiger partial charge < -0.3 is 4.98 Å². The highest BCUT2D eigenvalue weighted by atomic mass is 15.3. The highest BCUT2D eigenvalue weighted by Crippen LogP contribution is 2.30. The second-order valence-corrected chi connectivity index (χ2v) is 6.00. The number of aromatic amines is 1. The van der Waals surface area contributed by atoms with Crippen LogP contribution in [-0.2, 0) is 12.8 Å². The fourth-order valence-electron chi connectivity index (χ4n) is 3.34. The molecule has 5 nitrogen and oxygen atoms in total. The molecule has 0 unspecified atom stereocenters. The first kappa shape index (κ1) is 13.1. The number of nitriles is 1. The highest BCUT2D eigenvalue weighted by molar-refractivity contribution is 5.74. The molecule has 0 spiro atoms. The monoisotopic (exact) mass is 291 g/mol. The number of nitrogens with one attached hydrogen (secondary N) is 1. The van der Waals surface area contributed by atoms with Crippen molar-refractivity contribution < 1.29 is 0 Å². The normalized spacial score (nSPS) is 14.0. The van der Waals surface area contributed by atoms with Crippen molar-refractivity contribution in [2.75, 3.05) is 0 Å². The molecular formula is C17H17N5. The molecule has 110 valence electrons. The van der Waals surface area contributed by atoms with Crippen LogP contribution in [0.25, 0.3) is 17.0 Å². The second kappa shape index (κ2) is 4.70. The number of hydrogen-bond acceptors (Lipinski definition) is 3. The number of rotatable bonds is 1. The molecule has 3 aromatic rings. The van der Waals surface area contributed by atoms with E-state index in [1.165, 1.54) is 24.1 Å². The van der Waals surface area contributed by atoms with E-state index in [9.17, 15) is 5.26 Å². The van der Waals surface area contributed by atoms with Gasteiger partial charge in [0.2, 0.25) is 0 Å². The minimum Gasteiger partial charge on any atom is -0.357 e. The lowest BCUT2D eigenvalue weighted by Crippen LogP contribution is -1.99. The molecule has 1 aliphatic rings. The summed E-state index contributed by atoms with van der Waals surface area (Å²) in [6.07, 6.45) is 4.65. The van der Waals surface area contributed by atoms with Crippen molar-refractivity contribution in [2.24, 2.45) is 0 Å². The Morgan fingerprint density at radius 3 is 2.82 bits per heavy atom. The molecule has 0 saturated carbocycles. The summed E-state index contributed by atoms with van der Waals surface area (Å²) in [5.41, 5.74) is 7.38. The standard InChI is InChI=1S/C17H17N5/c1-10-7-11(2)22-17(19-10)13(9-18)16(21-22)15-8-12-5-3-4-6-14(12)20-15/h7-8,20H,3-6H2,1-2H3. The van der Waals surface area contributed by atoms with Crippen LogP contribution in [0.15, 0.2) is 12.1 Å². The van der Waals surface area contributed by atoms with E-state index in [2.05, 4.69) is 27.2 Å². The molecule has 5 heteroatoms. The van der Waals surface area contributed by atoms with Crippen LogP contribution in [0.5, 0.6) is 0 Å². The fraction of sp³-hybridized carbons (Fsp3) is 0.353. The van der Waals surface area contributed by atoms with Crippen molar-refractivity contribution in [3.8, 4) is 17.5 Å². The van der Waals surface area contributed by atoms with Gasteiger partial charge in [-0.05, 0) is 57.2 Å². The van der Waals surface area contributed by atoms with Crippen LogP contribution < -0.4 is 0 Å². The molecule has 1 N–H and O–H groups in total. The Hall–Kier alpha value is -2.61. The molecule has 3 aromatic heterocycles. The van der Waals surface area contributed by atoms with E-state index >= 15 is 0 Å². The summed E-state index contributed by atoms with van der Waals surface area (Å²) in [7, 11) is 0. The number of aryl methyl sites for hydroxylation is 4. The van der Waals surface area contributed by atoms with E-state index in [1.54, 1.807) is 4.52 Å². The number of nitrogens with zero attached hydrogens (tertiary/aromatic N) is 4. The largest absolute Gasteiger partial charge is 0.357 e. The quantitative estimate of drug-likeness (QED) is 0.749. The summed E-state index contributed by atoms with van der Waals surface area (Å²) < 4.78 is 1.76. The summed E-state index contributed by atoms with van der Waals surface area (Å²) in [5.74, 6) is 0. The van der Waals surface area contributed by atoms with Crippen molar-refractivity contribution in [3.05, 3.63) is 40.3 Å². The van der Waals surface area contributed by atoms with Gasteiger partial charge in [0, 0.05) is 17.1 Å². The molecule has 3 heterocycles. The summed E-state index contributed by atoms with van der Waals surface area (Å²) in [6, 6.07) is 6.41. The maximum absolute atomic E-state index is 9.59. The Bertz CT molecular complexity index is 899. The third kappa shape index (κ3) is 1.84. The predicted molar refractivity (Wildman–Crippen MR) is 83.6 cm³/mol. The van der Waals surface area contributed by atoms with Gasteiger partial charge in [0.15, 0.2) is 5.65 Å². The van der Waals surface area contributed by atoms with E-state index in [1.807, 2.05) is 19.9 Å². The minimum absolute atomic E-state index is 0.547. The Labute approximate surface area is 128 Å². The third-order valence-electron chi connectivity index (χ3n) is 4.38. The zero-order chi connectivity index (χ0) is 15.3. The van der Waals surface area contributed by atoms with E-state index < -0.39 is 0 Å². The van der Waals surface area contributed by atoms with Gasteiger partial charge >= 0.3 is 0 Å². The molecule has 0 atom stereocenters. The van der Waals surface area contributed by atoms with Gasteiger partial charge in [-0.25, -0.2) is 9.50 Å². The SMILES string of the molecule is Cc1cc(C)n2nc(-c3cc4c([nH]3)CCCC4)c(C#N)c2n1. The smallest absolute Gasteiger partial charge is 0.174 e. The summed E-state index contributed by atoms with van der Waals surface area (Å²) in [4.78, 5) is 7.96. The highest BCUT2D eigenvalue weighted by Gasteiger charge is 2.21. The molecule has 22 heavy (non-hydrogen) atoms. The summed E-state index contributed by atoms with van der Waals surface area (Å²) in [5, 5.41) is 14.2. The van der Waals surface area contributed by atoms with Crippen molar-refractivity contribution in [2.45, 2.75) is 39.5 Å². The average Bonchev–Trinajstić information content (AvgIpc) is 3.07. The van der Waals surface area contributed by atoms with Gasteiger partial charge in [0.1, 0.15) is 17.3 Å². The van der Waals surface area contributed by atoms with Crippen LogP contribution in [0.2, 0.25) is 0 Å². The average molecular weight is 291 g/mol. The second-order valence-electron chi connectivity index (χ2n) is 6.00. The summed E-state index contributed by atoms with van der Waals surface area (Å²) in [6.45, 7) is 3.92. The first-order valence-electron chi connectivity index (χ1n) is 7.65. The maximum Gasteiger partial charge on any atom is 0.174 e. The van der Waals surface area contributed by atoms with Crippen LogP contribution in [-0.4, -0.2) is 19.6 Å². The Morgan fingerprint density at radius 2 is 2.05 bits per heavy atom. The Balaban J connectivity index is 1.97. The van der Waals surface area contributed by atoms with Crippen molar-refractivity contribution >= 4 is 5.65 Å². The van der Waals surface area contributed by atoms with Gasteiger partial charge in [0.05, 0.1) is 5.69 Å². The van der Waals surface area contributed by atoms with Crippen molar-refractivity contribution in [3.63, 3.8) is 0 Å². The van der Waals surface area contributed by atoms with Crippen LogP contribution >= 0.6 is 0 Å². The minimum atomic E-state index is 0.547. The molecule has 0 saturated heterocycles. The van der Waals surface area contributed by atoms with E-state index in [0.29, 0.717) is 16.9 Å². The molecule has 0 bridgehead atoms. The number of H-pyrrole nitrogens is 1. The predicted octanol–water partition coefficient (Wildman–Crippen LogP) is 3.09. The number of hydrogen-bond donors (Lipinski definition) is 1. The molecule has 0 amide bonds. The Kier molecular flexibility index (Phi) is 2.80. The van der Waals surface area contributed by atoms with E-state index in [-0.39, 0.29) is 0 Å². The van der Waals surface area contributed by atoms with Gasteiger partial charge in [-0.2, -0.15) is 10.4 Å². The number of fused-ring (bicyclic) bond motifs is 2.